The Labute approximate surface area is 156 Å². The lowest BCUT2D eigenvalue weighted by Crippen LogP contribution is -2.43. The third-order valence-corrected chi connectivity index (χ3v) is 6.52. The van der Waals surface area contributed by atoms with E-state index in [2.05, 4.69) is 10.4 Å². The van der Waals surface area contributed by atoms with Gasteiger partial charge in [-0.25, -0.2) is 13.4 Å². The van der Waals surface area contributed by atoms with Crippen molar-refractivity contribution in [1.29, 1.82) is 0 Å². The maximum absolute atomic E-state index is 12.4. The summed E-state index contributed by atoms with van der Waals surface area (Å²) >= 11 is 0. The Morgan fingerprint density at radius 2 is 2.07 bits per heavy atom. The molecule has 1 aromatic carbocycles. The fourth-order valence-electron chi connectivity index (χ4n) is 3.32. The highest BCUT2D eigenvalue weighted by Crippen LogP contribution is 2.32. The monoisotopic (exact) mass is 393 g/mol. The summed E-state index contributed by atoms with van der Waals surface area (Å²) in [4.78, 5) is 24.6. The molecule has 1 N–H and O–H groups in total. The molecule has 0 bridgehead atoms. The van der Waals surface area contributed by atoms with Crippen molar-refractivity contribution < 1.29 is 27.5 Å². The van der Waals surface area contributed by atoms with Crippen molar-refractivity contribution >= 4 is 27.4 Å². The van der Waals surface area contributed by atoms with Gasteiger partial charge in [0.2, 0.25) is 12.7 Å². The molecule has 0 aliphatic carbocycles. The quantitative estimate of drug-likeness (QED) is 0.781. The molecule has 0 aromatic heterocycles. The Kier molecular flexibility index (Phi) is 4.50. The SMILES string of the molecule is O=C(NCc1ccc2c(c1)OCO2)C1=NN([C@@H]2CCS(=O)(=O)C2)C(=O)CC1. The standard InChI is InChI=1S/C17H19N3O6S/c21-16-4-2-13(19-20(16)12-5-6-27(23,24)9-12)17(22)18-8-11-1-3-14-15(7-11)26-10-25-14/h1,3,7,12H,2,4-6,8-10H2,(H,18,22)/t12-/m1/s1. The molecule has 3 aliphatic heterocycles. The molecule has 0 spiro atoms. The van der Waals surface area contributed by atoms with Gasteiger partial charge in [-0.3, -0.25) is 9.59 Å². The van der Waals surface area contributed by atoms with Crippen molar-refractivity contribution in [3.8, 4) is 11.5 Å². The van der Waals surface area contributed by atoms with Gasteiger partial charge in [-0.1, -0.05) is 6.07 Å². The lowest BCUT2D eigenvalue weighted by molar-refractivity contribution is -0.133. The van der Waals surface area contributed by atoms with Gasteiger partial charge in [0, 0.05) is 19.4 Å². The number of hydrazone groups is 1. The third-order valence-electron chi connectivity index (χ3n) is 4.77. The lowest BCUT2D eigenvalue weighted by Gasteiger charge is -2.27. The molecule has 1 aromatic rings. The number of carbonyl (C=O) groups excluding carboxylic acids is 2. The second-order valence-electron chi connectivity index (χ2n) is 6.71. The number of hydrogen-bond acceptors (Lipinski definition) is 7. The van der Waals surface area contributed by atoms with Gasteiger partial charge in [-0.05, 0) is 24.1 Å². The number of fused-ring (bicyclic) bond motifs is 1. The van der Waals surface area contributed by atoms with E-state index >= 15 is 0 Å². The predicted molar refractivity (Wildman–Crippen MR) is 95.0 cm³/mol. The highest BCUT2D eigenvalue weighted by atomic mass is 32.2. The van der Waals surface area contributed by atoms with Crippen LogP contribution in [0.4, 0.5) is 0 Å². The molecule has 0 radical (unpaired) electrons. The molecule has 0 saturated carbocycles. The number of rotatable bonds is 4. The molecule has 3 aliphatic rings. The van der Waals surface area contributed by atoms with Gasteiger partial charge in [-0.15, -0.1) is 0 Å². The van der Waals surface area contributed by atoms with E-state index in [-0.39, 0.29) is 55.2 Å². The molecule has 1 atom stereocenters. The van der Waals surface area contributed by atoms with Crippen molar-refractivity contribution in [3.63, 3.8) is 0 Å². The van der Waals surface area contributed by atoms with Crippen molar-refractivity contribution in [2.75, 3.05) is 18.3 Å². The van der Waals surface area contributed by atoms with Crippen LogP contribution in [-0.2, 0) is 26.0 Å². The molecular weight excluding hydrogens is 374 g/mol. The van der Waals surface area contributed by atoms with Gasteiger partial charge >= 0.3 is 0 Å². The molecule has 0 unspecified atom stereocenters. The molecule has 144 valence electrons. The normalized spacial score (nSPS) is 23.3. The molecule has 1 saturated heterocycles. The Hall–Kier alpha value is -2.62. The van der Waals surface area contributed by atoms with E-state index in [1.807, 2.05) is 6.07 Å². The minimum absolute atomic E-state index is 0.0443. The number of sulfone groups is 1. The zero-order valence-corrected chi connectivity index (χ0v) is 15.3. The van der Waals surface area contributed by atoms with E-state index in [0.29, 0.717) is 17.9 Å². The average molecular weight is 393 g/mol. The fraction of sp³-hybridized carbons (Fsp3) is 0.471. The molecule has 3 heterocycles. The first kappa shape index (κ1) is 17.8. The molecule has 4 rings (SSSR count). The Balaban J connectivity index is 1.42. The number of ether oxygens (including phenoxy) is 2. The van der Waals surface area contributed by atoms with E-state index in [4.69, 9.17) is 9.47 Å². The Bertz CT molecular complexity index is 927. The number of benzene rings is 1. The van der Waals surface area contributed by atoms with Crippen LogP contribution in [0.1, 0.15) is 24.8 Å². The second-order valence-corrected chi connectivity index (χ2v) is 8.94. The maximum Gasteiger partial charge on any atom is 0.267 e. The molecular formula is C17H19N3O6S. The van der Waals surface area contributed by atoms with Crippen LogP contribution in [0.15, 0.2) is 23.3 Å². The molecule has 1 fully saturated rings. The lowest BCUT2D eigenvalue weighted by atomic mass is 10.1. The van der Waals surface area contributed by atoms with Gasteiger partial charge in [-0.2, -0.15) is 5.10 Å². The van der Waals surface area contributed by atoms with Crippen LogP contribution in [0.25, 0.3) is 0 Å². The number of hydrogen-bond donors (Lipinski definition) is 1. The highest BCUT2D eigenvalue weighted by Gasteiger charge is 2.37. The largest absolute Gasteiger partial charge is 0.454 e. The van der Waals surface area contributed by atoms with Gasteiger partial charge in [0.15, 0.2) is 21.3 Å². The van der Waals surface area contributed by atoms with Gasteiger partial charge in [0.05, 0.1) is 17.5 Å². The van der Waals surface area contributed by atoms with E-state index < -0.39 is 15.9 Å². The van der Waals surface area contributed by atoms with E-state index in [1.165, 1.54) is 5.01 Å². The number of carbonyl (C=O) groups is 2. The van der Waals surface area contributed by atoms with Crippen LogP contribution in [0.2, 0.25) is 0 Å². The summed E-state index contributed by atoms with van der Waals surface area (Å²) in [6.07, 6.45) is 0.734. The first-order valence-corrected chi connectivity index (χ1v) is 10.5. The van der Waals surface area contributed by atoms with Crippen LogP contribution in [0.3, 0.4) is 0 Å². The van der Waals surface area contributed by atoms with Crippen molar-refractivity contribution in [2.45, 2.75) is 31.8 Å². The average Bonchev–Trinajstić information content (AvgIpc) is 3.25. The summed E-state index contributed by atoms with van der Waals surface area (Å²) in [5.41, 5.74) is 1.08. The molecule has 10 heteroatoms. The number of nitrogens with one attached hydrogen (secondary N) is 1. The molecule has 9 nitrogen and oxygen atoms in total. The van der Waals surface area contributed by atoms with E-state index in [0.717, 1.165) is 5.56 Å². The van der Waals surface area contributed by atoms with E-state index in [1.54, 1.807) is 12.1 Å². The summed E-state index contributed by atoms with van der Waals surface area (Å²) in [6, 6.07) is 4.92. The second kappa shape index (κ2) is 6.84. The van der Waals surface area contributed by atoms with Crippen LogP contribution >= 0.6 is 0 Å². The van der Waals surface area contributed by atoms with Crippen LogP contribution in [-0.4, -0.2) is 55.3 Å². The summed E-state index contributed by atoms with van der Waals surface area (Å²) in [6.45, 7) is 0.461. The van der Waals surface area contributed by atoms with Gasteiger partial charge in [0.1, 0.15) is 5.71 Å². The van der Waals surface area contributed by atoms with E-state index in [9.17, 15) is 18.0 Å². The first-order valence-electron chi connectivity index (χ1n) is 8.68. The minimum Gasteiger partial charge on any atom is -0.454 e. The number of amides is 2. The van der Waals surface area contributed by atoms with Crippen molar-refractivity contribution in [3.05, 3.63) is 23.8 Å². The fourth-order valence-corrected chi connectivity index (χ4v) is 5.02. The Morgan fingerprint density at radius 1 is 1.26 bits per heavy atom. The molecule has 2 amide bonds. The van der Waals surface area contributed by atoms with Crippen molar-refractivity contribution in [1.82, 2.24) is 10.3 Å². The van der Waals surface area contributed by atoms with Crippen LogP contribution < -0.4 is 14.8 Å². The van der Waals surface area contributed by atoms with Crippen molar-refractivity contribution in [2.24, 2.45) is 5.10 Å². The third kappa shape index (κ3) is 3.75. The number of nitrogens with zero attached hydrogens (tertiary/aromatic N) is 2. The summed E-state index contributed by atoms with van der Waals surface area (Å²) in [5.74, 6) is 0.630. The summed E-state index contributed by atoms with van der Waals surface area (Å²) in [5, 5.41) is 8.12. The Morgan fingerprint density at radius 3 is 2.85 bits per heavy atom. The summed E-state index contributed by atoms with van der Waals surface area (Å²) in [7, 11) is -3.14. The maximum atomic E-state index is 12.4. The minimum atomic E-state index is -3.14. The smallest absolute Gasteiger partial charge is 0.267 e. The van der Waals surface area contributed by atoms with Gasteiger partial charge < -0.3 is 14.8 Å². The first-order chi connectivity index (χ1) is 12.9. The molecule has 27 heavy (non-hydrogen) atoms. The highest BCUT2D eigenvalue weighted by molar-refractivity contribution is 7.91. The van der Waals surface area contributed by atoms with Crippen LogP contribution in [0.5, 0.6) is 11.5 Å². The van der Waals surface area contributed by atoms with Gasteiger partial charge in [0.25, 0.3) is 5.91 Å². The van der Waals surface area contributed by atoms with Crippen LogP contribution in [0, 0.1) is 0 Å². The summed E-state index contributed by atoms with van der Waals surface area (Å²) < 4.78 is 33.9. The topological polar surface area (TPSA) is 114 Å². The zero-order valence-electron chi connectivity index (χ0n) is 14.5. The zero-order chi connectivity index (χ0) is 19.0. The predicted octanol–water partition coefficient (Wildman–Crippen LogP) is 0.197.